The SMILES string of the molecule is CC(=O)O[C@]1(C(C)=O)CC[C@H]2[C@@H]3CC[C@@]4(O)CC5(CCC4=C3[C@@H](c3ccc(N(C)C)cc3)C[C@@]21C)OCCO5. The van der Waals surface area contributed by atoms with Crippen LogP contribution in [0.5, 0.6) is 0 Å². The Kier molecular flexibility index (Phi) is 6.33. The molecule has 1 spiro atoms. The van der Waals surface area contributed by atoms with Crippen molar-refractivity contribution >= 4 is 17.4 Å². The van der Waals surface area contributed by atoms with Gasteiger partial charge in [-0.25, -0.2) is 0 Å². The van der Waals surface area contributed by atoms with E-state index in [2.05, 4.69) is 36.1 Å². The fraction of sp³-hybridized carbons (Fsp3) is 0.688. The monoisotopic (exact) mass is 537 g/mol. The molecular weight excluding hydrogens is 494 g/mol. The van der Waals surface area contributed by atoms with Crippen molar-refractivity contribution in [1.29, 1.82) is 0 Å². The van der Waals surface area contributed by atoms with Gasteiger partial charge in [0.2, 0.25) is 0 Å². The van der Waals surface area contributed by atoms with E-state index in [0.29, 0.717) is 38.9 Å². The molecule has 7 heteroatoms. The van der Waals surface area contributed by atoms with Crippen LogP contribution in [0, 0.1) is 17.3 Å². The number of rotatable bonds is 4. The van der Waals surface area contributed by atoms with Crippen LogP contribution in [0.2, 0.25) is 0 Å². The van der Waals surface area contributed by atoms with Gasteiger partial charge in [0.25, 0.3) is 0 Å². The Morgan fingerprint density at radius 2 is 1.72 bits per heavy atom. The molecule has 0 bridgehead atoms. The van der Waals surface area contributed by atoms with Gasteiger partial charge >= 0.3 is 5.97 Å². The number of anilines is 1. The first-order valence-electron chi connectivity index (χ1n) is 14.7. The summed E-state index contributed by atoms with van der Waals surface area (Å²) in [6, 6.07) is 8.69. The predicted octanol–water partition coefficient (Wildman–Crippen LogP) is 4.91. The van der Waals surface area contributed by atoms with E-state index < -0.39 is 28.4 Å². The average Bonchev–Trinajstić information content (AvgIpc) is 3.44. The van der Waals surface area contributed by atoms with E-state index in [1.54, 1.807) is 6.92 Å². The molecule has 6 rings (SSSR count). The molecule has 1 N–H and O–H groups in total. The lowest BCUT2D eigenvalue weighted by Crippen LogP contribution is -2.58. The molecule has 1 aromatic carbocycles. The molecule has 4 aliphatic carbocycles. The number of ketones is 1. The maximum atomic E-state index is 13.3. The second-order valence-electron chi connectivity index (χ2n) is 13.2. The summed E-state index contributed by atoms with van der Waals surface area (Å²) >= 11 is 0. The largest absolute Gasteiger partial charge is 0.451 e. The molecule has 4 fully saturated rings. The first-order chi connectivity index (χ1) is 18.4. The van der Waals surface area contributed by atoms with E-state index in [-0.39, 0.29) is 23.5 Å². The highest BCUT2D eigenvalue weighted by molar-refractivity contribution is 5.89. The molecule has 0 unspecified atom stereocenters. The minimum absolute atomic E-state index is 0.0288. The van der Waals surface area contributed by atoms with E-state index in [1.165, 1.54) is 23.6 Å². The number of aliphatic hydroxyl groups is 1. The molecule has 0 radical (unpaired) electrons. The minimum atomic E-state index is -1.11. The van der Waals surface area contributed by atoms with Gasteiger partial charge in [-0.1, -0.05) is 24.6 Å². The molecule has 5 aliphatic rings. The molecule has 212 valence electrons. The molecule has 1 heterocycles. The van der Waals surface area contributed by atoms with Crippen LogP contribution in [0.3, 0.4) is 0 Å². The molecule has 39 heavy (non-hydrogen) atoms. The Balaban J connectivity index is 1.49. The van der Waals surface area contributed by atoms with Crippen molar-refractivity contribution in [3.8, 4) is 0 Å². The maximum absolute atomic E-state index is 13.3. The smallest absolute Gasteiger partial charge is 0.303 e. The normalized spacial score (nSPS) is 38.7. The van der Waals surface area contributed by atoms with Gasteiger partial charge in [0.1, 0.15) is 0 Å². The molecule has 1 aromatic rings. The third-order valence-electron chi connectivity index (χ3n) is 11.0. The van der Waals surface area contributed by atoms with Crippen molar-refractivity contribution in [3.05, 3.63) is 41.0 Å². The van der Waals surface area contributed by atoms with Crippen LogP contribution in [0.1, 0.15) is 83.6 Å². The van der Waals surface area contributed by atoms with Crippen LogP contribution >= 0.6 is 0 Å². The number of hydrogen-bond acceptors (Lipinski definition) is 7. The van der Waals surface area contributed by atoms with Gasteiger partial charge in [0, 0.05) is 50.9 Å². The summed E-state index contributed by atoms with van der Waals surface area (Å²) in [6.07, 6.45) is 5.57. The summed E-state index contributed by atoms with van der Waals surface area (Å²) in [5.74, 6) is -0.655. The van der Waals surface area contributed by atoms with Crippen LogP contribution < -0.4 is 4.90 Å². The van der Waals surface area contributed by atoms with Gasteiger partial charge in [-0.05, 0) is 80.6 Å². The van der Waals surface area contributed by atoms with Crippen molar-refractivity contribution in [2.24, 2.45) is 17.3 Å². The summed E-state index contributed by atoms with van der Waals surface area (Å²) in [7, 11) is 4.07. The van der Waals surface area contributed by atoms with E-state index >= 15 is 0 Å². The summed E-state index contributed by atoms with van der Waals surface area (Å²) in [4.78, 5) is 27.8. The number of benzene rings is 1. The average molecular weight is 538 g/mol. The molecular formula is C32H43NO6. The number of nitrogens with zero attached hydrogens (tertiary/aromatic N) is 1. The zero-order valence-electron chi connectivity index (χ0n) is 24.0. The fourth-order valence-electron chi connectivity index (χ4n) is 9.37. The number of ether oxygens (including phenoxy) is 3. The number of Topliss-reactive ketones (excluding diaryl/α,β-unsaturated/α-hetero) is 1. The highest BCUT2D eigenvalue weighted by Gasteiger charge is 2.68. The zero-order chi connectivity index (χ0) is 27.8. The van der Waals surface area contributed by atoms with Crippen molar-refractivity contribution in [1.82, 2.24) is 0 Å². The highest BCUT2D eigenvalue weighted by Crippen LogP contribution is 2.69. The number of esters is 1. The summed E-state index contributed by atoms with van der Waals surface area (Å²) < 4.78 is 18.2. The van der Waals surface area contributed by atoms with Crippen LogP contribution in [0.25, 0.3) is 0 Å². The van der Waals surface area contributed by atoms with E-state index in [9.17, 15) is 14.7 Å². The molecule has 3 saturated carbocycles. The Labute approximate surface area is 231 Å². The second kappa shape index (κ2) is 9.15. The van der Waals surface area contributed by atoms with Gasteiger partial charge in [0.15, 0.2) is 17.2 Å². The number of carbonyl (C=O) groups excluding carboxylic acids is 2. The molecule has 1 aliphatic heterocycles. The lowest BCUT2D eigenvalue weighted by atomic mass is 9.49. The number of carbonyl (C=O) groups is 2. The Bertz CT molecular complexity index is 1200. The zero-order valence-corrected chi connectivity index (χ0v) is 24.0. The molecule has 7 nitrogen and oxygen atoms in total. The quantitative estimate of drug-likeness (QED) is 0.431. The van der Waals surface area contributed by atoms with Crippen LogP contribution in [-0.2, 0) is 23.8 Å². The predicted molar refractivity (Wildman–Crippen MR) is 147 cm³/mol. The standard InChI is InChI=1S/C32H43NO6/c1-20(34)32(39-21(2)35)15-12-26-24-10-13-30(36)19-31(37-16-17-38-31)14-11-27(30)28(24)25(18-29(26,32)3)22-6-8-23(9-7-22)33(4)5/h6-9,24-26,36H,10-19H2,1-5H3/t24-,25+,26-,29-,30+,32-/m0/s1. The van der Waals surface area contributed by atoms with Gasteiger partial charge in [0.05, 0.1) is 18.8 Å². The summed E-state index contributed by atoms with van der Waals surface area (Å²) in [5, 5.41) is 12.2. The molecule has 6 atom stereocenters. The number of fused-ring (bicyclic) bond motifs is 4. The van der Waals surface area contributed by atoms with E-state index in [4.69, 9.17) is 14.2 Å². The number of allylic oxidation sites excluding steroid dienone is 1. The lowest BCUT2D eigenvalue weighted by molar-refractivity contribution is -0.209. The number of hydrogen-bond donors (Lipinski definition) is 1. The lowest BCUT2D eigenvalue weighted by Gasteiger charge is -2.57. The van der Waals surface area contributed by atoms with E-state index in [1.807, 2.05) is 14.1 Å². The van der Waals surface area contributed by atoms with Crippen LogP contribution in [-0.4, -0.2) is 61.2 Å². The van der Waals surface area contributed by atoms with Crippen LogP contribution in [0.4, 0.5) is 5.69 Å². The Hall–Kier alpha value is -2.22. The minimum Gasteiger partial charge on any atom is -0.451 e. The first kappa shape index (κ1) is 27.0. The Morgan fingerprint density at radius 3 is 2.33 bits per heavy atom. The summed E-state index contributed by atoms with van der Waals surface area (Å²) in [6.45, 7) is 6.35. The topological polar surface area (TPSA) is 85.3 Å². The fourth-order valence-corrected chi connectivity index (χ4v) is 9.37. The third-order valence-corrected chi connectivity index (χ3v) is 11.0. The summed E-state index contributed by atoms with van der Waals surface area (Å²) in [5.41, 5.74) is 2.29. The van der Waals surface area contributed by atoms with Gasteiger partial charge in [-0.2, -0.15) is 0 Å². The third kappa shape index (κ3) is 3.94. The Morgan fingerprint density at radius 1 is 1.03 bits per heavy atom. The van der Waals surface area contributed by atoms with E-state index in [0.717, 1.165) is 31.4 Å². The van der Waals surface area contributed by atoms with Gasteiger partial charge in [-0.3, -0.25) is 9.59 Å². The van der Waals surface area contributed by atoms with Gasteiger partial charge in [-0.15, -0.1) is 0 Å². The van der Waals surface area contributed by atoms with Crippen molar-refractivity contribution in [3.63, 3.8) is 0 Å². The second-order valence-corrected chi connectivity index (χ2v) is 13.2. The highest BCUT2D eigenvalue weighted by atomic mass is 16.7. The van der Waals surface area contributed by atoms with Gasteiger partial charge < -0.3 is 24.2 Å². The van der Waals surface area contributed by atoms with Crippen LogP contribution in [0.15, 0.2) is 35.4 Å². The maximum Gasteiger partial charge on any atom is 0.303 e. The molecule has 0 amide bonds. The molecule has 0 aromatic heterocycles. The first-order valence-corrected chi connectivity index (χ1v) is 14.7. The van der Waals surface area contributed by atoms with Crippen molar-refractivity contribution in [2.75, 3.05) is 32.2 Å². The van der Waals surface area contributed by atoms with Crippen molar-refractivity contribution in [2.45, 2.75) is 95.0 Å². The van der Waals surface area contributed by atoms with Crippen molar-refractivity contribution < 1.29 is 28.9 Å². The molecule has 1 saturated heterocycles.